The van der Waals surface area contributed by atoms with Crippen molar-refractivity contribution in [2.24, 2.45) is 0 Å². The highest BCUT2D eigenvalue weighted by Crippen LogP contribution is 2.16. The van der Waals surface area contributed by atoms with Crippen LogP contribution in [0.5, 0.6) is 0 Å². The molecule has 1 N–H and O–H groups in total. The van der Waals surface area contributed by atoms with Crippen molar-refractivity contribution >= 4 is 11.8 Å². The van der Waals surface area contributed by atoms with Crippen LogP contribution in [-0.4, -0.2) is 58.7 Å². The molecule has 0 aromatic carbocycles. The fourth-order valence-corrected chi connectivity index (χ4v) is 3.20. The van der Waals surface area contributed by atoms with Crippen molar-refractivity contribution in [1.82, 2.24) is 19.8 Å². The molecular weight excluding hydrogens is 284 g/mol. The monoisotopic (exact) mass is 310 g/mol. The Kier molecular flexibility index (Phi) is 6.26. The van der Waals surface area contributed by atoms with E-state index in [1.54, 1.807) is 0 Å². The van der Waals surface area contributed by atoms with Gasteiger partial charge in [-0.1, -0.05) is 25.6 Å². The summed E-state index contributed by atoms with van der Waals surface area (Å²) < 4.78 is 0. The van der Waals surface area contributed by atoms with E-state index in [4.69, 9.17) is 0 Å². The Labute approximate surface area is 131 Å². The molecule has 0 amide bonds. The largest absolute Gasteiger partial charge is 0.304 e. The lowest BCUT2D eigenvalue weighted by Gasteiger charge is -2.28. The number of aromatic amines is 1. The predicted octanol–water partition coefficient (Wildman–Crippen LogP) is 1.58. The number of rotatable bonds is 7. The SMILES string of the molecule is CCN(CC)CCCN1CCc2nc(SC)[nH]c(=O)c2C1. The molecule has 21 heavy (non-hydrogen) atoms. The number of nitrogens with one attached hydrogen (secondary N) is 1. The Morgan fingerprint density at radius 1 is 1.38 bits per heavy atom. The molecule has 0 unspecified atom stereocenters. The maximum atomic E-state index is 12.1. The number of nitrogens with zero attached hydrogens (tertiary/aromatic N) is 3. The molecule has 5 nitrogen and oxygen atoms in total. The van der Waals surface area contributed by atoms with Crippen molar-refractivity contribution in [3.05, 3.63) is 21.6 Å². The Morgan fingerprint density at radius 2 is 2.14 bits per heavy atom. The molecule has 2 heterocycles. The van der Waals surface area contributed by atoms with Crippen molar-refractivity contribution in [2.75, 3.05) is 39.0 Å². The van der Waals surface area contributed by atoms with E-state index < -0.39 is 0 Å². The Balaban J connectivity index is 1.92. The van der Waals surface area contributed by atoms with Gasteiger partial charge >= 0.3 is 0 Å². The second kappa shape index (κ2) is 7.96. The van der Waals surface area contributed by atoms with Gasteiger partial charge in [-0.05, 0) is 38.9 Å². The van der Waals surface area contributed by atoms with E-state index in [9.17, 15) is 4.79 Å². The van der Waals surface area contributed by atoms with E-state index in [0.29, 0.717) is 0 Å². The molecule has 2 rings (SSSR count). The van der Waals surface area contributed by atoms with E-state index in [2.05, 4.69) is 33.6 Å². The fraction of sp³-hybridized carbons (Fsp3) is 0.733. The van der Waals surface area contributed by atoms with Crippen LogP contribution in [0.15, 0.2) is 9.95 Å². The normalized spacial score (nSPS) is 15.4. The zero-order valence-electron chi connectivity index (χ0n) is 13.3. The summed E-state index contributed by atoms with van der Waals surface area (Å²) in [5, 5.41) is 0.730. The van der Waals surface area contributed by atoms with Gasteiger partial charge in [0.25, 0.3) is 5.56 Å². The highest BCUT2D eigenvalue weighted by atomic mass is 32.2. The summed E-state index contributed by atoms with van der Waals surface area (Å²) in [7, 11) is 0. The van der Waals surface area contributed by atoms with Gasteiger partial charge in [0.05, 0.1) is 11.3 Å². The Morgan fingerprint density at radius 3 is 2.81 bits per heavy atom. The third kappa shape index (κ3) is 4.31. The molecule has 1 aromatic rings. The molecule has 1 aliphatic rings. The zero-order chi connectivity index (χ0) is 15.2. The number of thioether (sulfide) groups is 1. The molecule has 0 spiro atoms. The smallest absolute Gasteiger partial charge is 0.256 e. The predicted molar refractivity (Wildman–Crippen MR) is 88.0 cm³/mol. The van der Waals surface area contributed by atoms with Gasteiger partial charge in [-0.3, -0.25) is 9.69 Å². The average Bonchev–Trinajstić information content (AvgIpc) is 2.51. The zero-order valence-corrected chi connectivity index (χ0v) is 14.1. The van der Waals surface area contributed by atoms with Crippen LogP contribution in [-0.2, 0) is 13.0 Å². The lowest BCUT2D eigenvalue weighted by atomic mass is 10.1. The lowest BCUT2D eigenvalue weighted by Crippen LogP contribution is -2.37. The molecule has 0 saturated heterocycles. The standard InChI is InChI=1S/C15H26N4OS/c1-4-18(5-2)8-6-9-19-10-7-13-12(11-19)14(20)17-15(16-13)21-3/h4-11H2,1-3H3,(H,16,17,20). The third-order valence-corrected chi connectivity index (χ3v) is 4.74. The summed E-state index contributed by atoms with van der Waals surface area (Å²) in [5.41, 5.74) is 1.89. The number of fused-ring (bicyclic) bond motifs is 1. The minimum absolute atomic E-state index is 0.0396. The van der Waals surface area contributed by atoms with E-state index in [0.717, 1.165) is 68.5 Å². The molecule has 1 aromatic heterocycles. The minimum atomic E-state index is 0.0396. The van der Waals surface area contributed by atoms with Crippen molar-refractivity contribution in [3.63, 3.8) is 0 Å². The molecule has 118 valence electrons. The van der Waals surface area contributed by atoms with Gasteiger partial charge in [0.1, 0.15) is 0 Å². The van der Waals surface area contributed by atoms with E-state index in [-0.39, 0.29) is 5.56 Å². The topological polar surface area (TPSA) is 52.2 Å². The highest BCUT2D eigenvalue weighted by molar-refractivity contribution is 7.98. The third-order valence-electron chi connectivity index (χ3n) is 4.16. The number of aromatic nitrogens is 2. The maximum Gasteiger partial charge on any atom is 0.256 e. The minimum Gasteiger partial charge on any atom is -0.304 e. The van der Waals surface area contributed by atoms with Gasteiger partial charge in [0, 0.05) is 19.5 Å². The highest BCUT2D eigenvalue weighted by Gasteiger charge is 2.20. The van der Waals surface area contributed by atoms with E-state index >= 15 is 0 Å². The second-order valence-electron chi connectivity index (χ2n) is 5.41. The van der Waals surface area contributed by atoms with E-state index in [1.807, 2.05) is 6.26 Å². The van der Waals surface area contributed by atoms with Crippen LogP contribution in [0.1, 0.15) is 31.5 Å². The van der Waals surface area contributed by atoms with Crippen molar-refractivity contribution in [1.29, 1.82) is 0 Å². The van der Waals surface area contributed by atoms with Gasteiger partial charge < -0.3 is 9.88 Å². The van der Waals surface area contributed by atoms with Gasteiger partial charge in [-0.25, -0.2) is 4.98 Å². The van der Waals surface area contributed by atoms with Gasteiger partial charge in [0.2, 0.25) is 0 Å². The molecule has 6 heteroatoms. The molecular formula is C15H26N4OS. The maximum absolute atomic E-state index is 12.1. The molecule has 1 aliphatic heterocycles. The van der Waals surface area contributed by atoms with Crippen LogP contribution >= 0.6 is 11.8 Å². The number of hydrogen-bond donors (Lipinski definition) is 1. The summed E-state index contributed by atoms with van der Waals surface area (Å²) in [4.78, 5) is 24.3. The van der Waals surface area contributed by atoms with Crippen LogP contribution in [0, 0.1) is 0 Å². The summed E-state index contributed by atoms with van der Waals surface area (Å²) >= 11 is 1.49. The average molecular weight is 310 g/mol. The first-order chi connectivity index (χ1) is 10.2. The summed E-state index contributed by atoms with van der Waals surface area (Å²) in [6, 6.07) is 0. The van der Waals surface area contributed by atoms with Crippen LogP contribution in [0.4, 0.5) is 0 Å². The van der Waals surface area contributed by atoms with Crippen molar-refractivity contribution in [2.45, 2.75) is 38.4 Å². The lowest BCUT2D eigenvalue weighted by molar-refractivity contribution is 0.221. The molecule has 0 radical (unpaired) electrons. The van der Waals surface area contributed by atoms with Gasteiger partial charge in [-0.15, -0.1) is 0 Å². The first-order valence-electron chi connectivity index (χ1n) is 7.78. The summed E-state index contributed by atoms with van der Waals surface area (Å²) in [6.07, 6.45) is 3.98. The van der Waals surface area contributed by atoms with Crippen LogP contribution in [0.3, 0.4) is 0 Å². The summed E-state index contributed by atoms with van der Waals surface area (Å²) in [6.45, 7) is 10.6. The first kappa shape index (κ1) is 16.5. The van der Waals surface area contributed by atoms with Gasteiger partial charge in [0.15, 0.2) is 5.16 Å². The molecule has 0 saturated carbocycles. The molecule has 0 aliphatic carbocycles. The second-order valence-corrected chi connectivity index (χ2v) is 6.20. The van der Waals surface area contributed by atoms with Crippen LogP contribution < -0.4 is 5.56 Å². The van der Waals surface area contributed by atoms with Crippen LogP contribution in [0.2, 0.25) is 0 Å². The molecule has 0 atom stereocenters. The van der Waals surface area contributed by atoms with Crippen molar-refractivity contribution < 1.29 is 0 Å². The Bertz CT molecular complexity index is 513. The van der Waals surface area contributed by atoms with Crippen LogP contribution in [0.25, 0.3) is 0 Å². The van der Waals surface area contributed by atoms with E-state index in [1.165, 1.54) is 11.8 Å². The molecule has 0 fully saturated rings. The summed E-state index contributed by atoms with van der Waals surface area (Å²) in [5.74, 6) is 0. The molecule has 0 bridgehead atoms. The Hall–Kier alpha value is -0.850. The quantitative estimate of drug-likeness (QED) is 0.612. The van der Waals surface area contributed by atoms with Gasteiger partial charge in [-0.2, -0.15) is 0 Å². The number of hydrogen-bond acceptors (Lipinski definition) is 5. The fourth-order valence-electron chi connectivity index (χ4n) is 2.80. The van der Waals surface area contributed by atoms with Crippen molar-refractivity contribution in [3.8, 4) is 0 Å². The first-order valence-corrected chi connectivity index (χ1v) is 9.01. The number of H-pyrrole nitrogens is 1.